The van der Waals surface area contributed by atoms with E-state index in [9.17, 15) is 9.59 Å². The Morgan fingerprint density at radius 3 is 2.59 bits per heavy atom. The van der Waals surface area contributed by atoms with Crippen molar-refractivity contribution in [1.29, 1.82) is 0 Å². The first-order chi connectivity index (χ1) is 10.4. The van der Waals surface area contributed by atoms with Crippen LogP contribution >= 0.6 is 0 Å². The van der Waals surface area contributed by atoms with Gasteiger partial charge in [-0.25, -0.2) is 0 Å². The number of anilines is 1. The molecule has 0 aliphatic heterocycles. The molecule has 0 aliphatic carbocycles. The molecule has 0 unspecified atom stereocenters. The predicted octanol–water partition coefficient (Wildman–Crippen LogP) is 1.40. The van der Waals surface area contributed by atoms with E-state index in [1.54, 1.807) is 31.2 Å². The van der Waals surface area contributed by atoms with Crippen molar-refractivity contribution >= 4 is 17.5 Å². The molecule has 7 nitrogen and oxygen atoms in total. The Hall–Kier alpha value is -2.67. The smallest absolute Gasteiger partial charge is 0.294 e. The van der Waals surface area contributed by atoms with Gasteiger partial charge in [0.15, 0.2) is 0 Å². The molecule has 0 bridgehead atoms. The molecule has 1 aromatic carbocycles. The Bertz CT molecular complexity index is 707. The zero-order valence-corrected chi connectivity index (χ0v) is 12.7. The van der Waals surface area contributed by atoms with E-state index in [1.165, 1.54) is 0 Å². The highest BCUT2D eigenvalue weighted by molar-refractivity contribution is 6.03. The maximum absolute atomic E-state index is 12.2. The fourth-order valence-electron chi connectivity index (χ4n) is 1.98. The van der Waals surface area contributed by atoms with Crippen molar-refractivity contribution in [3.8, 4) is 0 Å². The number of benzene rings is 1. The molecule has 2 amide bonds. The number of nitrogens with two attached hydrogens (primary N) is 1. The van der Waals surface area contributed by atoms with Gasteiger partial charge in [-0.15, -0.1) is 0 Å². The minimum Gasteiger partial charge on any atom is -0.366 e. The number of aromatic nitrogens is 1. The molecule has 116 valence electrons. The largest absolute Gasteiger partial charge is 0.366 e. The Morgan fingerprint density at radius 1 is 1.32 bits per heavy atom. The topological polar surface area (TPSA) is 101 Å². The summed E-state index contributed by atoms with van der Waals surface area (Å²) >= 11 is 0. The molecule has 1 aromatic heterocycles. The van der Waals surface area contributed by atoms with Crippen LogP contribution < -0.4 is 11.1 Å². The number of carbonyl (C=O) groups is 2. The van der Waals surface area contributed by atoms with Crippen molar-refractivity contribution in [3.05, 3.63) is 46.8 Å². The highest BCUT2D eigenvalue weighted by atomic mass is 16.5. The van der Waals surface area contributed by atoms with Gasteiger partial charge in [-0.3, -0.25) is 9.59 Å². The van der Waals surface area contributed by atoms with Gasteiger partial charge in [0.1, 0.15) is 0 Å². The van der Waals surface area contributed by atoms with Crippen LogP contribution in [0.15, 0.2) is 28.8 Å². The van der Waals surface area contributed by atoms with Crippen LogP contribution in [0.1, 0.15) is 32.2 Å². The number of hydrogen-bond acceptors (Lipinski definition) is 5. The molecule has 0 aliphatic rings. The first kappa shape index (κ1) is 15.7. The van der Waals surface area contributed by atoms with E-state index in [0.29, 0.717) is 23.5 Å². The lowest BCUT2D eigenvalue weighted by molar-refractivity contribution is 0.0982. The monoisotopic (exact) mass is 302 g/mol. The first-order valence-corrected chi connectivity index (χ1v) is 6.69. The lowest BCUT2D eigenvalue weighted by atomic mass is 10.1. The molecule has 0 atom stereocenters. The van der Waals surface area contributed by atoms with Gasteiger partial charge in [-0.05, 0) is 38.7 Å². The van der Waals surface area contributed by atoms with Gasteiger partial charge in [0.25, 0.3) is 5.91 Å². The maximum atomic E-state index is 12.2. The van der Waals surface area contributed by atoms with Gasteiger partial charge < -0.3 is 20.5 Å². The third-order valence-corrected chi connectivity index (χ3v) is 2.98. The van der Waals surface area contributed by atoms with E-state index in [-0.39, 0.29) is 5.76 Å². The van der Waals surface area contributed by atoms with Crippen molar-refractivity contribution in [2.24, 2.45) is 5.73 Å². The highest BCUT2D eigenvalue weighted by Gasteiger charge is 2.15. The predicted molar refractivity (Wildman–Crippen MR) is 81.5 cm³/mol. The number of nitrogens with zero attached hydrogens (tertiary/aromatic N) is 2. The van der Waals surface area contributed by atoms with Gasteiger partial charge >= 0.3 is 0 Å². The molecule has 0 saturated heterocycles. The number of primary amides is 1. The average Bonchev–Trinajstić information content (AvgIpc) is 2.86. The van der Waals surface area contributed by atoms with E-state index in [1.807, 2.05) is 19.0 Å². The SMILES string of the molecule is Cc1cc(C(=O)Nc2cc(C(N)=O)ccc2CN(C)C)on1. The number of aryl methyl sites for hydroxylation is 1. The van der Waals surface area contributed by atoms with Crippen LogP contribution in [-0.4, -0.2) is 36.0 Å². The van der Waals surface area contributed by atoms with Crippen molar-refractivity contribution < 1.29 is 14.1 Å². The summed E-state index contributed by atoms with van der Waals surface area (Å²) in [7, 11) is 3.82. The molecule has 1 heterocycles. The summed E-state index contributed by atoms with van der Waals surface area (Å²) in [5.74, 6) is -0.873. The van der Waals surface area contributed by atoms with Gasteiger partial charge in [0.2, 0.25) is 11.7 Å². The number of amides is 2. The van der Waals surface area contributed by atoms with Gasteiger partial charge in [0, 0.05) is 23.9 Å². The minimum atomic E-state index is -0.553. The van der Waals surface area contributed by atoms with Crippen LogP contribution in [0.3, 0.4) is 0 Å². The molecule has 3 N–H and O–H groups in total. The van der Waals surface area contributed by atoms with E-state index in [4.69, 9.17) is 10.3 Å². The van der Waals surface area contributed by atoms with Gasteiger partial charge in [-0.2, -0.15) is 0 Å². The maximum Gasteiger partial charge on any atom is 0.294 e. The van der Waals surface area contributed by atoms with E-state index < -0.39 is 11.8 Å². The summed E-state index contributed by atoms with van der Waals surface area (Å²) in [5, 5.41) is 6.41. The summed E-state index contributed by atoms with van der Waals surface area (Å²) in [5.41, 5.74) is 7.61. The Morgan fingerprint density at radius 2 is 2.05 bits per heavy atom. The standard InChI is InChI=1S/C15H18N4O3/c1-9-6-13(22-18-9)15(21)17-12-7-10(14(16)20)4-5-11(12)8-19(2)3/h4-7H,8H2,1-3H3,(H2,16,20)(H,17,21). The first-order valence-electron chi connectivity index (χ1n) is 6.69. The van der Waals surface area contributed by atoms with Gasteiger partial charge in [-0.1, -0.05) is 11.2 Å². The van der Waals surface area contributed by atoms with Crippen molar-refractivity contribution in [1.82, 2.24) is 10.1 Å². The zero-order valence-electron chi connectivity index (χ0n) is 12.7. The minimum absolute atomic E-state index is 0.109. The molecule has 2 aromatic rings. The lowest BCUT2D eigenvalue weighted by Gasteiger charge is -2.15. The molecule has 0 spiro atoms. The Kier molecular flexibility index (Phi) is 4.57. The number of rotatable bonds is 5. The quantitative estimate of drug-likeness (QED) is 0.869. The number of hydrogen-bond donors (Lipinski definition) is 2. The van der Waals surface area contributed by atoms with Crippen LogP contribution in [0.25, 0.3) is 0 Å². The highest BCUT2D eigenvalue weighted by Crippen LogP contribution is 2.20. The molecular formula is C15H18N4O3. The number of carbonyl (C=O) groups excluding carboxylic acids is 2. The summed E-state index contributed by atoms with van der Waals surface area (Å²) in [6.07, 6.45) is 0. The van der Waals surface area contributed by atoms with Crippen molar-refractivity contribution in [2.75, 3.05) is 19.4 Å². The molecule has 22 heavy (non-hydrogen) atoms. The fourth-order valence-corrected chi connectivity index (χ4v) is 1.98. The second kappa shape index (κ2) is 6.40. The summed E-state index contributed by atoms with van der Waals surface area (Å²) in [4.78, 5) is 25.4. The average molecular weight is 302 g/mol. The van der Waals surface area contributed by atoms with E-state index in [0.717, 1.165) is 5.56 Å². The molecule has 0 fully saturated rings. The van der Waals surface area contributed by atoms with Gasteiger partial charge in [0.05, 0.1) is 5.69 Å². The summed E-state index contributed by atoms with van der Waals surface area (Å²) < 4.78 is 4.93. The molecule has 2 rings (SSSR count). The molecule has 7 heteroatoms. The number of nitrogens with one attached hydrogen (secondary N) is 1. The van der Waals surface area contributed by atoms with Crippen molar-refractivity contribution in [3.63, 3.8) is 0 Å². The van der Waals surface area contributed by atoms with Crippen molar-refractivity contribution in [2.45, 2.75) is 13.5 Å². The molecule has 0 radical (unpaired) electrons. The Labute approximate surface area is 128 Å². The third-order valence-electron chi connectivity index (χ3n) is 2.98. The van der Waals surface area contributed by atoms with Crippen LogP contribution in [0, 0.1) is 6.92 Å². The molecule has 0 saturated carbocycles. The van der Waals surface area contributed by atoms with Crippen LogP contribution in [-0.2, 0) is 6.54 Å². The third kappa shape index (κ3) is 3.70. The van der Waals surface area contributed by atoms with Crippen LogP contribution in [0.2, 0.25) is 0 Å². The van der Waals surface area contributed by atoms with E-state index >= 15 is 0 Å². The zero-order chi connectivity index (χ0) is 16.3. The van der Waals surface area contributed by atoms with Crippen LogP contribution in [0.4, 0.5) is 5.69 Å². The lowest BCUT2D eigenvalue weighted by Crippen LogP contribution is -2.18. The normalized spacial score (nSPS) is 10.7. The summed E-state index contributed by atoms with van der Waals surface area (Å²) in [6.45, 7) is 2.33. The fraction of sp³-hybridized carbons (Fsp3) is 0.267. The molecular weight excluding hydrogens is 284 g/mol. The summed E-state index contributed by atoms with van der Waals surface area (Å²) in [6, 6.07) is 6.50. The van der Waals surface area contributed by atoms with Crippen LogP contribution in [0.5, 0.6) is 0 Å². The second-order valence-electron chi connectivity index (χ2n) is 5.26. The van der Waals surface area contributed by atoms with E-state index in [2.05, 4.69) is 10.5 Å². The second-order valence-corrected chi connectivity index (χ2v) is 5.26. The Balaban J connectivity index is 2.31.